The Bertz CT molecular complexity index is 575. The van der Waals surface area contributed by atoms with Crippen LogP contribution in [0.25, 0.3) is 10.8 Å². The summed E-state index contributed by atoms with van der Waals surface area (Å²) in [5.74, 6) is 0.256. The standard InChI is InChI=1S/C17H20O/c1-12(17(2,3)4)16(18)15-10-9-13-7-5-6-8-14(13)11-15/h5-12H,1-4H3. The van der Waals surface area contributed by atoms with Gasteiger partial charge in [-0.15, -0.1) is 0 Å². The Morgan fingerprint density at radius 2 is 1.61 bits per heavy atom. The molecule has 0 spiro atoms. The molecule has 0 radical (unpaired) electrons. The quantitative estimate of drug-likeness (QED) is 0.695. The molecular weight excluding hydrogens is 220 g/mol. The zero-order valence-corrected chi connectivity index (χ0v) is 11.5. The number of hydrogen-bond acceptors (Lipinski definition) is 1. The summed E-state index contributed by atoms with van der Waals surface area (Å²) in [7, 11) is 0. The van der Waals surface area contributed by atoms with Crippen LogP contribution in [0.3, 0.4) is 0 Å². The average molecular weight is 240 g/mol. The monoisotopic (exact) mass is 240 g/mol. The molecule has 18 heavy (non-hydrogen) atoms. The molecule has 1 atom stereocenters. The fraction of sp³-hybridized carbons (Fsp3) is 0.353. The molecule has 0 aromatic heterocycles. The summed E-state index contributed by atoms with van der Waals surface area (Å²) in [5, 5.41) is 2.31. The summed E-state index contributed by atoms with van der Waals surface area (Å²) in [6.45, 7) is 8.33. The van der Waals surface area contributed by atoms with Crippen LogP contribution in [0.5, 0.6) is 0 Å². The molecule has 0 saturated heterocycles. The van der Waals surface area contributed by atoms with Crippen molar-refractivity contribution in [1.29, 1.82) is 0 Å². The highest BCUT2D eigenvalue weighted by Gasteiger charge is 2.27. The van der Waals surface area contributed by atoms with Gasteiger partial charge in [-0.25, -0.2) is 0 Å². The van der Waals surface area contributed by atoms with Gasteiger partial charge in [-0.05, 0) is 22.3 Å². The molecule has 2 rings (SSSR count). The van der Waals surface area contributed by atoms with Crippen molar-refractivity contribution in [3.63, 3.8) is 0 Å². The van der Waals surface area contributed by atoms with E-state index in [0.717, 1.165) is 10.9 Å². The predicted octanol–water partition coefficient (Wildman–Crippen LogP) is 4.70. The summed E-state index contributed by atoms with van der Waals surface area (Å²) < 4.78 is 0. The molecule has 0 saturated carbocycles. The lowest BCUT2D eigenvalue weighted by Gasteiger charge is -2.26. The van der Waals surface area contributed by atoms with E-state index in [1.54, 1.807) is 0 Å². The fourth-order valence-corrected chi connectivity index (χ4v) is 1.99. The second kappa shape index (κ2) is 4.56. The summed E-state index contributed by atoms with van der Waals surface area (Å²) in [4.78, 5) is 12.4. The third kappa shape index (κ3) is 2.45. The van der Waals surface area contributed by atoms with Crippen LogP contribution >= 0.6 is 0 Å². The van der Waals surface area contributed by atoms with Gasteiger partial charge < -0.3 is 0 Å². The van der Waals surface area contributed by atoms with Crippen molar-refractivity contribution in [2.45, 2.75) is 27.7 Å². The van der Waals surface area contributed by atoms with Crippen LogP contribution in [-0.4, -0.2) is 5.78 Å². The molecule has 1 heteroatoms. The van der Waals surface area contributed by atoms with E-state index in [2.05, 4.69) is 26.8 Å². The van der Waals surface area contributed by atoms with Crippen LogP contribution in [0.2, 0.25) is 0 Å². The minimum atomic E-state index is 0.00271. The van der Waals surface area contributed by atoms with E-state index < -0.39 is 0 Å². The van der Waals surface area contributed by atoms with Gasteiger partial charge in [-0.1, -0.05) is 64.1 Å². The molecule has 0 fully saturated rings. The first-order chi connectivity index (χ1) is 8.39. The predicted molar refractivity (Wildman–Crippen MR) is 76.9 cm³/mol. The Balaban J connectivity index is 2.40. The number of ketones is 1. The molecule has 0 bridgehead atoms. The van der Waals surface area contributed by atoms with Gasteiger partial charge in [0, 0.05) is 11.5 Å². The lowest BCUT2D eigenvalue weighted by molar-refractivity contribution is 0.0839. The van der Waals surface area contributed by atoms with Crippen molar-refractivity contribution in [2.24, 2.45) is 11.3 Å². The molecule has 0 aliphatic heterocycles. The molecule has 2 aromatic carbocycles. The number of carbonyl (C=O) groups excluding carboxylic acids is 1. The Morgan fingerprint density at radius 3 is 2.22 bits per heavy atom. The number of fused-ring (bicyclic) bond motifs is 1. The molecule has 94 valence electrons. The minimum Gasteiger partial charge on any atom is -0.294 e. The summed E-state index contributed by atoms with van der Waals surface area (Å²) in [6, 6.07) is 14.1. The number of rotatable bonds is 2. The Labute approximate surface area is 109 Å². The molecule has 0 N–H and O–H groups in total. The van der Waals surface area contributed by atoms with Crippen molar-refractivity contribution in [3.8, 4) is 0 Å². The largest absolute Gasteiger partial charge is 0.294 e. The van der Waals surface area contributed by atoms with Crippen molar-refractivity contribution in [3.05, 3.63) is 48.0 Å². The second-order valence-corrected chi connectivity index (χ2v) is 6.01. The van der Waals surface area contributed by atoms with Gasteiger partial charge in [0.2, 0.25) is 0 Å². The third-order valence-electron chi connectivity index (χ3n) is 3.73. The van der Waals surface area contributed by atoms with Crippen molar-refractivity contribution >= 4 is 16.6 Å². The van der Waals surface area contributed by atoms with E-state index in [4.69, 9.17) is 0 Å². The molecule has 1 nitrogen and oxygen atoms in total. The zero-order chi connectivity index (χ0) is 13.3. The van der Waals surface area contributed by atoms with Crippen LogP contribution in [0, 0.1) is 11.3 Å². The van der Waals surface area contributed by atoms with Gasteiger partial charge in [-0.2, -0.15) is 0 Å². The van der Waals surface area contributed by atoms with E-state index in [1.807, 2.05) is 43.3 Å². The van der Waals surface area contributed by atoms with Crippen LogP contribution < -0.4 is 0 Å². The smallest absolute Gasteiger partial charge is 0.166 e. The maximum atomic E-state index is 12.4. The van der Waals surface area contributed by atoms with Gasteiger partial charge in [-0.3, -0.25) is 4.79 Å². The number of carbonyl (C=O) groups is 1. The summed E-state index contributed by atoms with van der Waals surface area (Å²) >= 11 is 0. The number of benzene rings is 2. The fourth-order valence-electron chi connectivity index (χ4n) is 1.99. The van der Waals surface area contributed by atoms with Gasteiger partial charge in [0.1, 0.15) is 0 Å². The maximum absolute atomic E-state index is 12.4. The lowest BCUT2D eigenvalue weighted by atomic mass is 9.77. The van der Waals surface area contributed by atoms with Crippen molar-refractivity contribution in [2.75, 3.05) is 0 Å². The van der Waals surface area contributed by atoms with Gasteiger partial charge in [0.15, 0.2) is 5.78 Å². The average Bonchev–Trinajstić information content (AvgIpc) is 2.35. The van der Waals surface area contributed by atoms with Crippen LogP contribution in [0.1, 0.15) is 38.1 Å². The summed E-state index contributed by atoms with van der Waals surface area (Å²) in [6.07, 6.45) is 0. The van der Waals surface area contributed by atoms with E-state index in [9.17, 15) is 4.79 Å². The highest BCUT2D eigenvalue weighted by molar-refractivity contribution is 6.01. The van der Waals surface area contributed by atoms with Gasteiger partial charge in [0.05, 0.1) is 0 Å². The Hall–Kier alpha value is -1.63. The Morgan fingerprint density at radius 1 is 1.00 bits per heavy atom. The Kier molecular flexibility index (Phi) is 3.25. The first-order valence-corrected chi connectivity index (χ1v) is 6.42. The highest BCUT2D eigenvalue weighted by Crippen LogP contribution is 2.29. The normalized spacial score (nSPS) is 13.6. The molecule has 0 heterocycles. The second-order valence-electron chi connectivity index (χ2n) is 6.01. The number of hydrogen-bond donors (Lipinski definition) is 0. The zero-order valence-electron chi connectivity index (χ0n) is 11.5. The van der Waals surface area contributed by atoms with Crippen LogP contribution in [0.15, 0.2) is 42.5 Å². The van der Waals surface area contributed by atoms with Gasteiger partial charge in [0.25, 0.3) is 0 Å². The molecule has 2 aromatic rings. The SMILES string of the molecule is CC(C(=O)c1ccc2ccccc2c1)C(C)(C)C. The minimum absolute atomic E-state index is 0.00271. The number of Topliss-reactive ketones (excluding diaryl/α,β-unsaturated/α-hetero) is 1. The van der Waals surface area contributed by atoms with Crippen molar-refractivity contribution < 1.29 is 4.79 Å². The van der Waals surface area contributed by atoms with Crippen LogP contribution in [-0.2, 0) is 0 Å². The molecule has 0 aliphatic rings. The van der Waals surface area contributed by atoms with E-state index >= 15 is 0 Å². The first-order valence-electron chi connectivity index (χ1n) is 6.42. The van der Waals surface area contributed by atoms with Crippen molar-refractivity contribution in [1.82, 2.24) is 0 Å². The maximum Gasteiger partial charge on any atom is 0.166 e. The lowest BCUT2D eigenvalue weighted by Crippen LogP contribution is -2.25. The third-order valence-corrected chi connectivity index (χ3v) is 3.73. The molecule has 0 aliphatic carbocycles. The van der Waals surface area contributed by atoms with E-state index in [0.29, 0.717) is 0 Å². The van der Waals surface area contributed by atoms with E-state index in [1.165, 1.54) is 5.39 Å². The topological polar surface area (TPSA) is 17.1 Å². The molecular formula is C17H20O. The van der Waals surface area contributed by atoms with Gasteiger partial charge >= 0.3 is 0 Å². The highest BCUT2D eigenvalue weighted by atomic mass is 16.1. The van der Waals surface area contributed by atoms with Crippen LogP contribution in [0.4, 0.5) is 0 Å². The summed E-state index contributed by atoms with van der Waals surface area (Å²) in [5.41, 5.74) is 0.819. The van der Waals surface area contributed by atoms with E-state index in [-0.39, 0.29) is 17.1 Å². The molecule has 0 amide bonds. The first kappa shape index (κ1) is 12.8. The molecule has 1 unspecified atom stereocenters.